The molecule has 1 aromatic carbocycles. The van der Waals surface area contributed by atoms with Gasteiger partial charge in [-0.1, -0.05) is 23.2 Å². The van der Waals surface area contributed by atoms with Crippen LogP contribution in [0.2, 0.25) is 10.0 Å². The van der Waals surface area contributed by atoms with Crippen LogP contribution in [-0.2, 0) is 9.53 Å². The van der Waals surface area contributed by atoms with Gasteiger partial charge in [0.25, 0.3) is 5.90 Å². The first-order chi connectivity index (χ1) is 12.1. The summed E-state index contributed by atoms with van der Waals surface area (Å²) in [4.78, 5) is 16.1. The van der Waals surface area contributed by atoms with Gasteiger partial charge in [-0.25, -0.2) is 9.79 Å². The van der Waals surface area contributed by atoms with E-state index in [1.807, 2.05) is 0 Å². The largest absolute Gasteiger partial charge is 0.459 e. The van der Waals surface area contributed by atoms with Crippen molar-refractivity contribution in [1.82, 2.24) is 0 Å². The normalized spacial score (nSPS) is 15.5. The molecule has 0 bridgehead atoms. The Bertz CT molecular complexity index is 1020. The van der Waals surface area contributed by atoms with Crippen molar-refractivity contribution in [2.75, 3.05) is 0 Å². The highest BCUT2D eigenvalue weighted by molar-refractivity contribution is 6.36. The highest BCUT2D eigenvalue weighted by Gasteiger charge is 2.26. The average molecular weight is 374 g/mol. The molecule has 0 N–H and O–H groups in total. The minimum atomic E-state index is -0.575. The number of aliphatic imine (C=N–C) groups is 1. The fourth-order valence-corrected chi connectivity index (χ4v) is 2.82. The van der Waals surface area contributed by atoms with Gasteiger partial charge >= 0.3 is 5.97 Å². The molecule has 0 aliphatic carbocycles. The molecule has 1 aliphatic heterocycles. The number of benzene rings is 1. The summed E-state index contributed by atoms with van der Waals surface area (Å²) < 4.78 is 16.0. The number of esters is 1. The summed E-state index contributed by atoms with van der Waals surface area (Å²) in [5, 5.41) is 1.01. The molecule has 3 heterocycles. The van der Waals surface area contributed by atoms with E-state index in [2.05, 4.69) is 4.99 Å². The Balaban J connectivity index is 1.64. The number of carbonyl (C=O) groups is 1. The van der Waals surface area contributed by atoms with Crippen molar-refractivity contribution in [3.05, 3.63) is 76.0 Å². The van der Waals surface area contributed by atoms with Gasteiger partial charge in [-0.2, -0.15) is 0 Å². The molecule has 0 spiro atoms. The number of carbonyl (C=O) groups excluding carboxylic acids is 1. The van der Waals surface area contributed by atoms with Gasteiger partial charge in [0.05, 0.1) is 11.3 Å². The number of rotatable bonds is 3. The standard InChI is InChI=1S/C18H9Cl2NO4/c19-10-3-5-12(13(20)8-10)15-6-4-11(24-15)9-14-18(22)25-17(21-14)16-2-1-7-23-16/h1-9H. The summed E-state index contributed by atoms with van der Waals surface area (Å²) in [6.45, 7) is 0. The Labute approximate surface area is 152 Å². The highest BCUT2D eigenvalue weighted by Crippen LogP contribution is 2.32. The lowest BCUT2D eigenvalue weighted by Crippen LogP contribution is -2.04. The van der Waals surface area contributed by atoms with Crippen molar-refractivity contribution < 1.29 is 18.4 Å². The fraction of sp³-hybridized carbons (Fsp3) is 0. The quantitative estimate of drug-likeness (QED) is 0.467. The van der Waals surface area contributed by atoms with Crippen LogP contribution in [0.4, 0.5) is 0 Å². The van der Waals surface area contributed by atoms with Gasteiger partial charge in [-0.15, -0.1) is 0 Å². The van der Waals surface area contributed by atoms with E-state index in [1.165, 1.54) is 12.3 Å². The highest BCUT2D eigenvalue weighted by atomic mass is 35.5. The predicted octanol–water partition coefficient (Wildman–Crippen LogP) is 5.19. The number of halogens is 2. The molecule has 4 rings (SSSR count). The van der Waals surface area contributed by atoms with Crippen molar-refractivity contribution in [2.24, 2.45) is 4.99 Å². The third-order valence-electron chi connectivity index (χ3n) is 3.45. The summed E-state index contributed by atoms with van der Waals surface area (Å²) in [6, 6.07) is 11.9. The molecule has 0 saturated carbocycles. The van der Waals surface area contributed by atoms with E-state index in [0.717, 1.165) is 0 Å². The fourth-order valence-electron chi connectivity index (χ4n) is 2.31. The Morgan fingerprint density at radius 1 is 1.04 bits per heavy atom. The lowest BCUT2D eigenvalue weighted by Gasteiger charge is -2.00. The third-order valence-corrected chi connectivity index (χ3v) is 4.00. The van der Waals surface area contributed by atoms with Gasteiger partial charge in [-0.05, 0) is 42.5 Å². The van der Waals surface area contributed by atoms with Crippen molar-refractivity contribution in [3.63, 3.8) is 0 Å². The summed E-state index contributed by atoms with van der Waals surface area (Å²) in [6.07, 6.45) is 2.97. The predicted molar refractivity (Wildman–Crippen MR) is 93.5 cm³/mol. The average Bonchev–Trinajstić information content (AvgIpc) is 3.30. The molecule has 7 heteroatoms. The van der Waals surface area contributed by atoms with Gasteiger partial charge in [0.15, 0.2) is 11.5 Å². The molecule has 0 radical (unpaired) electrons. The lowest BCUT2D eigenvalue weighted by molar-refractivity contribution is -0.130. The lowest BCUT2D eigenvalue weighted by atomic mass is 10.2. The second kappa shape index (κ2) is 6.27. The Kier molecular flexibility index (Phi) is 3.95. The maximum atomic E-state index is 11.9. The van der Waals surface area contributed by atoms with Crippen LogP contribution in [-0.4, -0.2) is 11.9 Å². The summed E-state index contributed by atoms with van der Waals surface area (Å²) >= 11 is 12.1. The first kappa shape index (κ1) is 15.7. The monoisotopic (exact) mass is 373 g/mol. The van der Waals surface area contributed by atoms with Gasteiger partial charge < -0.3 is 13.6 Å². The zero-order valence-corrected chi connectivity index (χ0v) is 14.0. The second-order valence-electron chi connectivity index (χ2n) is 5.14. The van der Waals surface area contributed by atoms with Crippen molar-refractivity contribution >= 4 is 41.1 Å². The zero-order chi connectivity index (χ0) is 17.4. The third kappa shape index (κ3) is 3.12. The number of hydrogen-bond acceptors (Lipinski definition) is 5. The summed E-state index contributed by atoms with van der Waals surface area (Å²) in [7, 11) is 0. The van der Waals surface area contributed by atoms with Crippen LogP contribution in [0.3, 0.4) is 0 Å². The van der Waals surface area contributed by atoms with Crippen LogP contribution >= 0.6 is 23.2 Å². The van der Waals surface area contributed by atoms with E-state index in [1.54, 1.807) is 42.5 Å². The van der Waals surface area contributed by atoms with E-state index < -0.39 is 5.97 Å². The van der Waals surface area contributed by atoms with E-state index in [4.69, 9.17) is 36.8 Å². The minimum Gasteiger partial charge on any atom is -0.459 e. The molecule has 1 aliphatic rings. The van der Waals surface area contributed by atoms with E-state index in [9.17, 15) is 4.79 Å². The Morgan fingerprint density at radius 2 is 1.92 bits per heavy atom. The van der Waals surface area contributed by atoms with Crippen LogP contribution in [0.25, 0.3) is 17.4 Å². The first-order valence-corrected chi connectivity index (χ1v) is 7.97. The van der Waals surface area contributed by atoms with Gasteiger partial charge in [-0.3, -0.25) is 0 Å². The summed E-state index contributed by atoms with van der Waals surface area (Å²) in [5.41, 5.74) is 0.819. The molecule has 0 saturated heterocycles. The van der Waals surface area contributed by atoms with Gasteiger partial charge in [0, 0.05) is 16.7 Å². The maximum absolute atomic E-state index is 11.9. The van der Waals surface area contributed by atoms with Gasteiger partial charge in [0.1, 0.15) is 11.5 Å². The van der Waals surface area contributed by atoms with Gasteiger partial charge in [0.2, 0.25) is 0 Å². The number of furan rings is 2. The van der Waals surface area contributed by atoms with Crippen LogP contribution in [0.5, 0.6) is 0 Å². The molecule has 25 heavy (non-hydrogen) atoms. The molecular weight excluding hydrogens is 365 g/mol. The molecule has 124 valence electrons. The SMILES string of the molecule is O=C1OC(c2ccco2)=NC1=Cc1ccc(-c2ccc(Cl)cc2Cl)o1. The second-order valence-corrected chi connectivity index (χ2v) is 5.98. The smallest absolute Gasteiger partial charge is 0.364 e. The number of nitrogens with zero attached hydrogens (tertiary/aromatic N) is 1. The Morgan fingerprint density at radius 3 is 2.68 bits per heavy atom. The van der Waals surface area contributed by atoms with Crippen LogP contribution in [0, 0.1) is 0 Å². The molecule has 0 atom stereocenters. The zero-order valence-electron chi connectivity index (χ0n) is 12.5. The van der Waals surface area contributed by atoms with Crippen LogP contribution < -0.4 is 0 Å². The maximum Gasteiger partial charge on any atom is 0.364 e. The van der Waals surface area contributed by atoms with E-state index in [0.29, 0.717) is 32.9 Å². The molecule has 0 unspecified atom stereocenters. The molecule has 0 fully saturated rings. The topological polar surface area (TPSA) is 64.9 Å². The van der Waals surface area contributed by atoms with E-state index in [-0.39, 0.29) is 11.6 Å². The molecule has 3 aromatic rings. The number of hydrogen-bond donors (Lipinski definition) is 0. The summed E-state index contributed by atoms with van der Waals surface area (Å²) in [5.74, 6) is 0.917. The van der Waals surface area contributed by atoms with Crippen molar-refractivity contribution in [2.45, 2.75) is 0 Å². The van der Waals surface area contributed by atoms with Crippen molar-refractivity contribution in [1.29, 1.82) is 0 Å². The number of ether oxygens (including phenoxy) is 1. The van der Waals surface area contributed by atoms with Crippen LogP contribution in [0.1, 0.15) is 11.5 Å². The molecule has 5 nitrogen and oxygen atoms in total. The number of cyclic esters (lactones) is 1. The minimum absolute atomic E-state index is 0.119. The van der Waals surface area contributed by atoms with E-state index >= 15 is 0 Å². The Hall–Kier alpha value is -2.76. The molecule has 0 amide bonds. The molecule has 2 aromatic heterocycles. The first-order valence-electron chi connectivity index (χ1n) is 7.22. The van der Waals surface area contributed by atoms with Crippen LogP contribution in [0.15, 0.2) is 68.3 Å². The van der Waals surface area contributed by atoms with Crippen molar-refractivity contribution in [3.8, 4) is 11.3 Å². The molecular formula is C18H9Cl2NO4.